The van der Waals surface area contributed by atoms with Gasteiger partial charge in [-0.2, -0.15) is 0 Å². The zero-order chi connectivity index (χ0) is 13.4. The predicted octanol–water partition coefficient (Wildman–Crippen LogP) is 4.31. The van der Waals surface area contributed by atoms with Crippen molar-refractivity contribution in [1.82, 2.24) is 5.16 Å². The molecule has 1 aliphatic carbocycles. The minimum absolute atomic E-state index is 0.444. The number of nitrogen functional groups attached to an aromatic ring is 1. The van der Waals surface area contributed by atoms with Crippen molar-refractivity contribution in [2.75, 3.05) is 5.73 Å². The maximum absolute atomic E-state index is 5.96. The molecule has 1 fully saturated rings. The van der Waals surface area contributed by atoms with Crippen LogP contribution >= 0.6 is 0 Å². The lowest BCUT2D eigenvalue weighted by atomic mass is 9.80. The molecule has 1 saturated carbocycles. The molecule has 0 unspecified atom stereocenters. The number of anilines is 1. The molecule has 1 aliphatic rings. The van der Waals surface area contributed by atoms with Gasteiger partial charge in [-0.1, -0.05) is 49.7 Å². The van der Waals surface area contributed by atoms with E-state index >= 15 is 0 Å². The number of hydrogen-bond acceptors (Lipinski definition) is 3. The SMILES string of the molecule is CC(C)c1ccc(-c2c(C3CCC3)noc2N)cc1. The third-order valence-corrected chi connectivity index (χ3v) is 4.10. The van der Waals surface area contributed by atoms with E-state index in [4.69, 9.17) is 10.3 Å². The van der Waals surface area contributed by atoms with Crippen LogP contribution in [0.15, 0.2) is 28.8 Å². The Hall–Kier alpha value is -1.77. The van der Waals surface area contributed by atoms with Crippen LogP contribution in [-0.4, -0.2) is 5.16 Å². The van der Waals surface area contributed by atoms with Gasteiger partial charge in [-0.15, -0.1) is 0 Å². The molecule has 3 heteroatoms. The van der Waals surface area contributed by atoms with Gasteiger partial charge in [0, 0.05) is 5.92 Å². The first-order valence-electron chi connectivity index (χ1n) is 7.02. The maximum Gasteiger partial charge on any atom is 0.230 e. The summed E-state index contributed by atoms with van der Waals surface area (Å²) >= 11 is 0. The maximum atomic E-state index is 5.96. The number of benzene rings is 1. The molecule has 2 N–H and O–H groups in total. The summed E-state index contributed by atoms with van der Waals surface area (Å²) in [6.07, 6.45) is 3.68. The van der Waals surface area contributed by atoms with Crippen LogP contribution in [0.1, 0.15) is 56.2 Å². The van der Waals surface area contributed by atoms with Gasteiger partial charge in [-0.05, 0) is 29.9 Å². The molecule has 0 spiro atoms. The first-order chi connectivity index (χ1) is 9.16. The highest BCUT2D eigenvalue weighted by molar-refractivity contribution is 5.75. The third-order valence-electron chi connectivity index (χ3n) is 4.10. The number of rotatable bonds is 3. The van der Waals surface area contributed by atoms with Gasteiger partial charge in [0.05, 0.1) is 11.3 Å². The fourth-order valence-corrected chi connectivity index (χ4v) is 2.60. The van der Waals surface area contributed by atoms with Crippen molar-refractivity contribution in [3.63, 3.8) is 0 Å². The Morgan fingerprint density at radius 3 is 2.42 bits per heavy atom. The predicted molar refractivity (Wildman–Crippen MR) is 77.0 cm³/mol. The van der Waals surface area contributed by atoms with E-state index in [1.807, 2.05) is 0 Å². The van der Waals surface area contributed by atoms with Crippen LogP contribution in [0.5, 0.6) is 0 Å². The van der Waals surface area contributed by atoms with E-state index in [2.05, 4.69) is 43.3 Å². The molecule has 0 aliphatic heterocycles. The second-order valence-electron chi connectivity index (χ2n) is 5.71. The first-order valence-corrected chi connectivity index (χ1v) is 7.02. The number of nitrogens with two attached hydrogens (primary N) is 1. The van der Waals surface area contributed by atoms with Gasteiger partial charge in [-0.25, -0.2) is 0 Å². The second-order valence-corrected chi connectivity index (χ2v) is 5.71. The van der Waals surface area contributed by atoms with Crippen LogP contribution in [0.25, 0.3) is 11.1 Å². The van der Waals surface area contributed by atoms with E-state index < -0.39 is 0 Å². The topological polar surface area (TPSA) is 52.0 Å². The summed E-state index contributed by atoms with van der Waals surface area (Å²) in [5.74, 6) is 1.51. The Kier molecular flexibility index (Phi) is 3.05. The molecule has 0 amide bonds. The molecule has 19 heavy (non-hydrogen) atoms. The summed E-state index contributed by atoms with van der Waals surface area (Å²) in [4.78, 5) is 0. The minimum atomic E-state index is 0.444. The molecule has 3 rings (SSSR count). The van der Waals surface area contributed by atoms with Gasteiger partial charge in [-0.3, -0.25) is 0 Å². The molecule has 1 heterocycles. The van der Waals surface area contributed by atoms with Crippen molar-refractivity contribution in [2.24, 2.45) is 0 Å². The molecular weight excluding hydrogens is 236 g/mol. The van der Waals surface area contributed by atoms with Crippen molar-refractivity contribution in [1.29, 1.82) is 0 Å². The minimum Gasteiger partial charge on any atom is -0.367 e. The number of hydrogen-bond donors (Lipinski definition) is 1. The Balaban J connectivity index is 1.98. The monoisotopic (exact) mass is 256 g/mol. The molecule has 1 aromatic carbocycles. The first kappa shape index (κ1) is 12.3. The summed E-state index contributed by atoms with van der Waals surface area (Å²) in [6, 6.07) is 8.58. The molecule has 100 valence electrons. The summed E-state index contributed by atoms with van der Waals surface area (Å²) in [6.45, 7) is 4.39. The Morgan fingerprint density at radius 2 is 1.89 bits per heavy atom. The quantitative estimate of drug-likeness (QED) is 0.890. The van der Waals surface area contributed by atoms with Gasteiger partial charge < -0.3 is 10.3 Å². The van der Waals surface area contributed by atoms with Gasteiger partial charge in [0.2, 0.25) is 5.88 Å². The fraction of sp³-hybridized carbons (Fsp3) is 0.438. The van der Waals surface area contributed by atoms with E-state index in [0.717, 1.165) is 16.8 Å². The molecule has 0 bridgehead atoms. The zero-order valence-corrected chi connectivity index (χ0v) is 11.5. The van der Waals surface area contributed by atoms with Crippen LogP contribution in [-0.2, 0) is 0 Å². The van der Waals surface area contributed by atoms with Crippen LogP contribution in [0.4, 0.5) is 5.88 Å². The summed E-state index contributed by atoms with van der Waals surface area (Å²) in [5, 5.41) is 4.17. The van der Waals surface area contributed by atoms with Gasteiger partial charge >= 0.3 is 0 Å². The van der Waals surface area contributed by atoms with Crippen molar-refractivity contribution < 1.29 is 4.52 Å². The fourth-order valence-electron chi connectivity index (χ4n) is 2.60. The van der Waals surface area contributed by atoms with Crippen molar-refractivity contribution in [3.8, 4) is 11.1 Å². The van der Waals surface area contributed by atoms with E-state index in [0.29, 0.717) is 17.7 Å². The van der Waals surface area contributed by atoms with E-state index in [-0.39, 0.29) is 0 Å². The van der Waals surface area contributed by atoms with Crippen molar-refractivity contribution >= 4 is 5.88 Å². The lowest BCUT2D eigenvalue weighted by molar-refractivity contribution is 0.369. The Morgan fingerprint density at radius 1 is 1.21 bits per heavy atom. The molecule has 1 aromatic heterocycles. The zero-order valence-electron chi connectivity index (χ0n) is 11.5. The molecule has 0 atom stereocenters. The van der Waals surface area contributed by atoms with E-state index in [9.17, 15) is 0 Å². The second kappa shape index (κ2) is 4.72. The van der Waals surface area contributed by atoms with Crippen LogP contribution in [0.3, 0.4) is 0 Å². The molecule has 0 saturated heterocycles. The Bertz CT molecular complexity index is 565. The molecular formula is C16H20N2O. The van der Waals surface area contributed by atoms with E-state index in [1.54, 1.807) is 0 Å². The van der Waals surface area contributed by atoms with Gasteiger partial charge in [0.1, 0.15) is 0 Å². The smallest absolute Gasteiger partial charge is 0.230 e. The van der Waals surface area contributed by atoms with E-state index in [1.165, 1.54) is 24.8 Å². The summed E-state index contributed by atoms with van der Waals surface area (Å²) in [5.41, 5.74) is 10.5. The van der Waals surface area contributed by atoms with Crippen LogP contribution in [0.2, 0.25) is 0 Å². The summed E-state index contributed by atoms with van der Waals surface area (Å²) in [7, 11) is 0. The van der Waals surface area contributed by atoms with Crippen LogP contribution in [0, 0.1) is 0 Å². The highest BCUT2D eigenvalue weighted by atomic mass is 16.5. The molecule has 2 aromatic rings. The standard InChI is InChI=1S/C16H20N2O/c1-10(2)11-6-8-12(9-7-11)14-15(13-4-3-5-13)18-19-16(14)17/h6-10,13H,3-5,17H2,1-2H3. The highest BCUT2D eigenvalue weighted by Gasteiger charge is 2.28. The van der Waals surface area contributed by atoms with Gasteiger partial charge in [0.25, 0.3) is 0 Å². The third kappa shape index (κ3) is 2.14. The highest BCUT2D eigenvalue weighted by Crippen LogP contribution is 2.42. The lowest BCUT2D eigenvalue weighted by Gasteiger charge is -2.23. The average molecular weight is 256 g/mol. The molecule has 0 radical (unpaired) electrons. The summed E-state index contributed by atoms with van der Waals surface area (Å²) < 4.78 is 5.21. The van der Waals surface area contributed by atoms with Crippen molar-refractivity contribution in [2.45, 2.75) is 44.9 Å². The Labute approximate surface area is 113 Å². The molecule has 3 nitrogen and oxygen atoms in total. The van der Waals surface area contributed by atoms with Crippen molar-refractivity contribution in [3.05, 3.63) is 35.5 Å². The normalized spacial score (nSPS) is 15.7. The number of aromatic nitrogens is 1. The largest absolute Gasteiger partial charge is 0.367 e. The average Bonchev–Trinajstić information content (AvgIpc) is 2.69. The number of nitrogens with zero attached hydrogens (tertiary/aromatic N) is 1. The van der Waals surface area contributed by atoms with Crippen LogP contribution < -0.4 is 5.73 Å². The van der Waals surface area contributed by atoms with Gasteiger partial charge in [0.15, 0.2) is 0 Å². The lowest BCUT2D eigenvalue weighted by Crippen LogP contribution is -2.10.